The predicted octanol–water partition coefficient (Wildman–Crippen LogP) is 2.52. The van der Waals surface area contributed by atoms with E-state index in [-0.39, 0.29) is 0 Å². The first-order valence-electron chi connectivity index (χ1n) is 4.73. The number of hydrogen-bond donors (Lipinski definition) is 0. The molecular weight excluding hydrogens is 134 g/mol. The first-order valence-corrected chi connectivity index (χ1v) is 4.73. The molecule has 0 atom stereocenters. The van der Waals surface area contributed by atoms with Gasteiger partial charge in [-0.15, -0.1) is 0 Å². The zero-order valence-electron chi connectivity index (χ0n) is 8.52. The van der Waals surface area contributed by atoms with Gasteiger partial charge in [0.15, 0.2) is 0 Å². The Morgan fingerprint density at radius 1 is 1.09 bits per heavy atom. The van der Waals surface area contributed by atoms with E-state index >= 15 is 0 Å². The molecule has 0 saturated heterocycles. The van der Waals surface area contributed by atoms with Crippen LogP contribution in [0.15, 0.2) is 0 Å². The molecule has 0 unspecified atom stereocenters. The van der Waals surface area contributed by atoms with Crippen molar-refractivity contribution in [2.24, 2.45) is 5.92 Å². The number of nitrogens with zero attached hydrogens (tertiary/aromatic N) is 1. The highest BCUT2D eigenvalue weighted by atomic mass is 15.2. The van der Waals surface area contributed by atoms with E-state index in [4.69, 9.17) is 0 Å². The van der Waals surface area contributed by atoms with Gasteiger partial charge in [-0.2, -0.15) is 0 Å². The standard InChI is InChI=1S/C10H21N/c1-8(2)10(6-7-10)11(5)9(3)4/h8-9H,6-7H2,1-5H3. The molecule has 0 aromatic heterocycles. The molecule has 66 valence electrons. The molecule has 0 heterocycles. The Balaban J connectivity index is 2.58. The minimum atomic E-state index is 0.564. The summed E-state index contributed by atoms with van der Waals surface area (Å²) in [4.78, 5) is 2.54. The Morgan fingerprint density at radius 3 is 1.64 bits per heavy atom. The van der Waals surface area contributed by atoms with Crippen molar-refractivity contribution in [1.29, 1.82) is 0 Å². The van der Waals surface area contributed by atoms with Crippen molar-refractivity contribution < 1.29 is 0 Å². The average Bonchev–Trinajstić information content (AvgIpc) is 2.65. The smallest absolute Gasteiger partial charge is 0.0233 e. The molecule has 0 aliphatic heterocycles. The molecule has 1 aliphatic rings. The predicted molar refractivity (Wildman–Crippen MR) is 49.7 cm³/mol. The van der Waals surface area contributed by atoms with Crippen LogP contribution in [-0.2, 0) is 0 Å². The lowest BCUT2D eigenvalue weighted by molar-refractivity contribution is 0.132. The van der Waals surface area contributed by atoms with Crippen LogP contribution in [0.3, 0.4) is 0 Å². The fraction of sp³-hybridized carbons (Fsp3) is 1.00. The summed E-state index contributed by atoms with van der Waals surface area (Å²) in [6, 6.07) is 0.694. The van der Waals surface area contributed by atoms with Crippen molar-refractivity contribution >= 4 is 0 Å². The molecule has 0 N–H and O–H groups in total. The normalized spacial score (nSPS) is 21.8. The summed E-state index contributed by atoms with van der Waals surface area (Å²) in [6.45, 7) is 9.24. The molecule has 1 saturated carbocycles. The first-order chi connectivity index (χ1) is 5.00. The highest BCUT2D eigenvalue weighted by Gasteiger charge is 2.49. The van der Waals surface area contributed by atoms with Crippen LogP contribution in [0.5, 0.6) is 0 Å². The van der Waals surface area contributed by atoms with Crippen molar-refractivity contribution in [1.82, 2.24) is 4.90 Å². The summed E-state index contributed by atoms with van der Waals surface area (Å²) < 4.78 is 0. The zero-order valence-corrected chi connectivity index (χ0v) is 8.52. The van der Waals surface area contributed by atoms with Crippen LogP contribution < -0.4 is 0 Å². The molecule has 1 fully saturated rings. The van der Waals surface area contributed by atoms with Gasteiger partial charge in [-0.1, -0.05) is 13.8 Å². The fourth-order valence-corrected chi connectivity index (χ4v) is 1.98. The molecule has 1 heteroatoms. The van der Waals surface area contributed by atoms with Gasteiger partial charge in [-0.05, 0) is 39.7 Å². The van der Waals surface area contributed by atoms with Gasteiger partial charge in [0.2, 0.25) is 0 Å². The molecular formula is C10H21N. The molecule has 0 bridgehead atoms. The summed E-state index contributed by atoms with van der Waals surface area (Å²) in [5.41, 5.74) is 0.564. The third-order valence-electron chi connectivity index (χ3n) is 3.31. The maximum atomic E-state index is 2.54. The van der Waals surface area contributed by atoms with E-state index < -0.39 is 0 Å². The third kappa shape index (κ3) is 1.44. The summed E-state index contributed by atoms with van der Waals surface area (Å²) in [6.07, 6.45) is 2.80. The summed E-state index contributed by atoms with van der Waals surface area (Å²) in [7, 11) is 2.26. The third-order valence-corrected chi connectivity index (χ3v) is 3.31. The molecule has 0 spiro atoms. The van der Waals surface area contributed by atoms with Crippen LogP contribution in [0, 0.1) is 5.92 Å². The van der Waals surface area contributed by atoms with E-state index in [1.54, 1.807) is 0 Å². The highest BCUT2D eigenvalue weighted by Crippen LogP contribution is 2.47. The number of hydrogen-bond acceptors (Lipinski definition) is 1. The number of rotatable bonds is 3. The van der Waals surface area contributed by atoms with Crippen molar-refractivity contribution in [3.05, 3.63) is 0 Å². The van der Waals surface area contributed by atoms with E-state index in [1.165, 1.54) is 12.8 Å². The van der Waals surface area contributed by atoms with Crippen molar-refractivity contribution in [2.75, 3.05) is 7.05 Å². The Morgan fingerprint density at radius 2 is 1.55 bits per heavy atom. The van der Waals surface area contributed by atoms with E-state index in [2.05, 4.69) is 39.6 Å². The zero-order chi connectivity index (χ0) is 8.65. The van der Waals surface area contributed by atoms with Crippen LogP contribution in [0.2, 0.25) is 0 Å². The molecule has 1 nitrogen and oxygen atoms in total. The lowest BCUT2D eigenvalue weighted by Crippen LogP contribution is -2.42. The summed E-state index contributed by atoms with van der Waals surface area (Å²) in [5.74, 6) is 0.815. The van der Waals surface area contributed by atoms with Gasteiger partial charge in [-0.25, -0.2) is 0 Å². The molecule has 0 radical (unpaired) electrons. The second kappa shape index (κ2) is 2.78. The van der Waals surface area contributed by atoms with Crippen LogP contribution in [0.1, 0.15) is 40.5 Å². The quantitative estimate of drug-likeness (QED) is 0.605. The van der Waals surface area contributed by atoms with Gasteiger partial charge in [0.25, 0.3) is 0 Å². The first kappa shape index (κ1) is 9.05. The minimum absolute atomic E-state index is 0.564. The topological polar surface area (TPSA) is 3.24 Å². The SMILES string of the molecule is CC(C)N(C)C1(C(C)C)CC1. The second-order valence-corrected chi connectivity index (χ2v) is 4.46. The van der Waals surface area contributed by atoms with Crippen LogP contribution in [-0.4, -0.2) is 23.5 Å². The minimum Gasteiger partial charge on any atom is -0.298 e. The highest BCUT2D eigenvalue weighted by molar-refractivity contribution is 5.05. The van der Waals surface area contributed by atoms with Gasteiger partial charge in [0.05, 0.1) is 0 Å². The van der Waals surface area contributed by atoms with Gasteiger partial charge in [-0.3, -0.25) is 4.90 Å². The molecule has 0 aromatic carbocycles. The van der Waals surface area contributed by atoms with Crippen molar-refractivity contribution in [2.45, 2.75) is 52.1 Å². The lowest BCUT2D eigenvalue weighted by Gasteiger charge is -2.34. The van der Waals surface area contributed by atoms with E-state index in [9.17, 15) is 0 Å². The molecule has 11 heavy (non-hydrogen) atoms. The van der Waals surface area contributed by atoms with Crippen LogP contribution in [0.25, 0.3) is 0 Å². The van der Waals surface area contributed by atoms with Crippen molar-refractivity contribution in [3.63, 3.8) is 0 Å². The Bertz CT molecular complexity index is 134. The van der Waals surface area contributed by atoms with Gasteiger partial charge < -0.3 is 0 Å². The van der Waals surface area contributed by atoms with E-state index in [1.807, 2.05) is 0 Å². The monoisotopic (exact) mass is 155 g/mol. The van der Waals surface area contributed by atoms with Crippen molar-refractivity contribution in [3.8, 4) is 0 Å². The van der Waals surface area contributed by atoms with E-state index in [0.717, 1.165) is 5.92 Å². The molecule has 1 rings (SSSR count). The summed E-state index contributed by atoms with van der Waals surface area (Å²) >= 11 is 0. The fourth-order valence-electron chi connectivity index (χ4n) is 1.98. The Labute approximate surface area is 70.8 Å². The largest absolute Gasteiger partial charge is 0.298 e. The Hall–Kier alpha value is -0.0400. The summed E-state index contributed by atoms with van der Waals surface area (Å²) in [5, 5.41) is 0. The van der Waals surface area contributed by atoms with E-state index in [0.29, 0.717) is 11.6 Å². The maximum absolute atomic E-state index is 2.54. The van der Waals surface area contributed by atoms with Crippen LogP contribution in [0.4, 0.5) is 0 Å². The molecule has 1 aliphatic carbocycles. The van der Waals surface area contributed by atoms with Gasteiger partial charge >= 0.3 is 0 Å². The maximum Gasteiger partial charge on any atom is 0.0233 e. The average molecular weight is 155 g/mol. The van der Waals surface area contributed by atoms with Crippen LogP contribution >= 0.6 is 0 Å². The lowest BCUT2D eigenvalue weighted by atomic mass is 9.99. The van der Waals surface area contributed by atoms with Gasteiger partial charge in [0.1, 0.15) is 0 Å². The second-order valence-electron chi connectivity index (χ2n) is 4.46. The van der Waals surface area contributed by atoms with Gasteiger partial charge in [0, 0.05) is 11.6 Å². The molecule has 0 amide bonds. The molecule has 0 aromatic rings. The Kier molecular flexibility index (Phi) is 2.29.